The molecule has 0 aromatic carbocycles. The van der Waals surface area contributed by atoms with E-state index < -0.39 is 24.7 Å². The summed E-state index contributed by atoms with van der Waals surface area (Å²) in [6.07, 6.45) is -1.77. The molecule has 100 valence electrons. The zero-order valence-electron chi connectivity index (χ0n) is 9.39. The predicted molar refractivity (Wildman–Crippen MR) is 55.3 cm³/mol. The van der Waals surface area contributed by atoms with E-state index in [1.807, 2.05) is 5.32 Å². The maximum absolute atomic E-state index is 11.8. The molecule has 0 bridgehead atoms. The van der Waals surface area contributed by atoms with Crippen molar-refractivity contribution in [3.8, 4) is 0 Å². The fraction of sp³-hybridized carbons (Fsp3) is 0.900. The third kappa shape index (κ3) is 5.88. The van der Waals surface area contributed by atoms with Gasteiger partial charge in [-0.1, -0.05) is 12.8 Å². The van der Waals surface area contributed by atoms with Crippen molar-refractivity contribution in [2.45, 2.75) is 44.0 Å². The van der Waals surface area contributed by atoms with Gasteiger partial charge in [-0.15, -0.1) is 0 Å². The van der Waals surface area contributed by atoms with Crippen molar-refractivity contribution in [3.05, 3.63) is 0 Å². The monoisotopic (exact) mass is 254 g/mol. The molecule has 2 atom stereocenters. The second-order valence-electron chi connectivity index (χ2n) is 4.24. The predicted octanol–water partition coefficient (Wildman–Crippen LogP) is 0.558. The van der Waals surface area contributed by atoms with E-state index >= 15 is 0 Å². The van der Waals surface area contributed by atoms with E-state index in [1.165, 1.54) is 0 Å². The second kappa shape index (κ2) is 6.20. The first-order valence-corrected chi connectivity index (χ1v) is 5.63. The number of nitrogens with one attached hydrogen (secondary N) is 2. The van der Waals surface area contributed by atoms with Gasteiger partial charge >= 0.3 is 6.18 Å². The van der Waals surface area contributed by atoms with Gasteiger partial charge in [-0.3, -0.25) is 4.79 Å². The van der Waals surface area contributed by atoms with Crippen LogP contribution in [0.1, 0.15) is 25.7 Å². The average molecular weight is 254 g/mol. The molecule has 1 fully saturated rings. The van der Waals surface area contributed by atoms with E-state index in [4.69, 9.17) is 0 Å². The molecule has 0 saturated heterocycles. The first-order chi connectivity index (χ1) is 7.88. The van der Waals surface area contributed by atoms with E-state index in [0.717, 1.165) is 12.8 Å². The number of carbonyl (C=O) groups is 1. The standard InChI is InChI=1S/C10H17F3N2O2/c11-10(12,13)6-14-5-9(17)15-7-3-1-2-4-8(7)16/h7-8,14,16H,1-6H2,(H,15,17)/t7-,8-/m0/s1. The van der Waals surface area contributed by atoms with Crippen molar-refractivity contribution in [2.75, 3.05) is 13.1 Å². The first-order valence-electron chi connectivity index (χ1n) is 5.63. The van der Waals surface area contributed by atoms with Crippen LogP contribution in [0.2, 0.25) is 0 Å². The van der Waals surface area contributed by atoms with Gasteiger partial charge in [0.15, 0.2) is 0 Å². The normalized spacial score (nSPS) is 25.6. The topological polar surface area (TPSA) is 61.4 Å². The molecule has 4 nitrogen and oxygen atoms in total. The maximum atomic E-state index is 11.8. The van der Waals surface area contributed by atoms with Crippen molar-refractivity contribution < 1.29 is 23.1 Å². The van der Waals surface area contributed by atoms with Crippen LogP contribution in [0, 0.1) is 0 Å². The molecule has 0 aromatic heterocycles. The van der Waals surface area contributed by atoms with Crippen LogP contribution in [0.5, 0.6) is 0 Å². The van der Waals surface area contributed by atoms with E-state index in [-0.39, 0.29) is 12.6 Å². The Morgan fingerprint density at radius 2 is 1.94 bits per heavy atom. The van der Waals surface area contributed by atoms with Crippen LogP contribution in [0.4, 0.5) is 13.2 Å². The molecule has 0 unspecified atom stereocenters. The molecule has 1 saturated carbocycles. The van der Waals surface area contributed by atoms with Crippen molar-refractivity contribution in [2.24, 2.45) is 0 Å². The number of halogens is 3. The Hall–Kier alpha value is -0.820. The molecule has 0 aliphatic heterocycles. The summed E-state index contributed by atoms with van der Waals surface area (Å²) in [7, 11) is 0. The third-order valence-electron chi connectivity index (χ3n) is 2.69. The lowest BCUT2D eigenvalue weighted by atomic mass is 9.92. The van der Waals surface area contributed by atoms with Crippen molar-refractivity contribution in [3.63, 3.8) is 0 Å². The highest BCUT2D eigenvalue weighted by Gasteiger charge is 2.27. The number of alkyl halides is 3. The number of aliphatic hydroxyl groups excluding tert-OH is 1. The lowest BCUT2D eigenvalue weighted by Gasteiger charge is -2.28. The van der Waals surface area contributed by atoms with Crippen molar-refractivity contribution in [1.82, 2.24) is 10.6 Å². The smallest absolute Gasteiger partial charge is 0.391 e. The first kappa shape index (κ1) is 14.2. The van der Waals surface area contributed by atoms with Gasteiger partial charge in [0.1, 0.15) is 0 Å². The summed E-state index contributed by atoms with van der Waals surface area (Å²) >= 11 is 0. The zero-order chi connectivity index (χ0) is 12.9. The van der Waals surface area contributed by atoms with Crippen LogP contribution in [0.3, 0.4) is 0 Å². The molecule has 0 radical (unpaired) electrons. The van der Waals surface area contributed by atoms with E-state index in [1.54, 1.807) is 0 Å². The summed E-state index contributed by atoms with van der Waals surface area (Å²) < 4.78 is 35.4. The molecule has 0 heterocycles. The minimum Gasteiger partial charge on any atom is -0.391 e. The van der Waals surface area contributed by atoms with Crippen LogP contribution in [0.15, 0.2) is 0 Å². The van der Waals surface area contributed by atoms with Gasteiger partial charge in [-0.2, -0.15) is 13.2 Å². The van der Waals surface area contributed by atoms with Crippen LogP contribution in [0.25, 0.3) is 0 Å². The van der Waals surface area contributed by atoms with Gasteiger partial charge in [0.25, 0.3) is 0 Å². The number of hydrogen-bond acceptors (Lipinski definition) is 3. The molecule has 1 amide bonds. The Kier molecular flexibility index (Phi) is 5.20. The quantitative estimate of drug-likeness (QED) is 0.687. The van der Waals surface area contributed by atoms with E-state index in [0.29, 0.717) is 12.8 Å². The number of hydrogen-bond donors (Lipinski definition) is 3. The molecule has 1 rings (SSSR count). The Morgan fingerprint density at radius 1 is 1.29 bits per heavy atom. The lowest BCUT2D eigenvalue weighted by Crippen LogP contribution is -2.48. The number of aliphatic hydroxyl groups is 1. The summed E-state index contributed by atoms with van der Waals surface area (Å²) in [6, 6.07) is -0.330. The fourth-order valence-corrected chi connectivity index (χ4v) is 1.86. The minimum atomic E-state index is -4.31. The van der Waals surface area contributed by atoms with Gasteiger partial charge < -0.3 is 15.7 Å². The van der Waals surface area contributed by atoms with Crippen LogP contribution < -0.4 is 10.6 Å². The third-order valence-corrected chi connectivity index (χ3v) is 2.69. The maximum Gasteiger partial charge on any atom is 0.401 e. The van der Waals surface area contributed by atoms with Gasteiger partial charge in [0.2, 0.25) is 5.91 Å². The highest BCUT2D eigenvalue weighted by atomic mass is 19.4. The Bertz CT molecular complexity index is 258. The molecular formula is C10H17F3N2O2. The number of amides is 1. The molecular weight excluding hydrogens is 237 g/mol. The average Bonchev–Trinajstić information content (AvgIpc) is 2.19. The summed E-state index contributed by atoms with van der Waals surface area (Å²) in [5.74, 6) is -0.514. The summed E-state index contributed by atoms with van der Waals surface area (Å²) in [5, 5.41) is 14.1. The Morgan fingerprint density at radius 3 is 2.53 bits per heavy atom. The molecule has 3 N–H and O–H groups in total. The fourth-order valence-electron chi connectivity index (χ4n) is 1.86. The van der Waals surface area contributed by atoms with Gasteiger partial charge in [-0.05, 0) is 12.8 Å². The zero-order valence-corrected chi connectivity index (χ0v) is 9.39. The second-order valence-corrected chi connectivity index (χ2v) is 4.24. The largest absolute Gasteiger partial charge is 0.401 e. The van der Waals surface area contributed by atoms with Gasteiger partial charge in [0.05, 0.1) is 25.2 Å². The SMILES string of the molecule is O=C(CNCC(F)(F)F)N[C@H]1CCCC[C@@H]1O. The molecule has 1 aliphatic rings. The van der Waals surface area contributed by atoms with Gasteiger partial charge in [0, 0.05) is 0 Å². The highest BCUT2D eigenvalue weighted by molar-refractivity contribution is 5.78. The van der Waals surface area contributed by atoms with Crippen LogP contribution >= 0.6 is 0 Å². The highest BCUT2D eigenvalue weighted by Crippen LogP contribution is 2.18. The van der Waals surface area contributed by atoms with Crippen molar-refractivity contribution >= 4 is 5.91 Å². The van der Waals surface area contributed by atoms with Crippen LogP contribution in [-0.2, 0) is 4.79 Å². The molecule has 0 aromatic rings. The van der Waals surface area contributed by atoms with E-state index in [2.05, 4.69) is 5.32 Å². The van der Waals surface area contributed by atoms with E-state index in [9.17, 15) is 23.1 Å². The summed E-state index contributed by atoms with van der Waals surface area (Å²) in [5.41, 5.74) is 0. The molecule has 17 heavy (non-hydrogen) atoms. The lowest BCUT2D eigenvalue weighted by molar-refractivity contribution is -0.129. The summed E-state index contributed by atoms with van der Waals surface area (Å²) in [6.45, 7) is -1.57. The Labute approximate surface area is 97.6 Å². The molecule has 0 spiro atoms. The van der Waals surface area contributed by atoms with Crippen LogP contribution in [-0.4, -0.2) is 42.4 Å². The Balaban J connectivity index is 2.20. The molecule has 1 aliphatic carbocycles. The van der Waals surface area contributed by atoms with Crippen molar-refractivity contribution in [1.29, 1.82) is 0 Å². The van der Waals surface area contributed by atoms with Gasteiger partial charge in [-0.25, -0.2) is 0 Å². The minimum absolute atomic E-state index is 0.330. The number of carbonyl (C=O) groups excluding carboxylic acids is 1. The number of rotatable bonds is 4. The molecule has 7 heteroatoms. The summed E-state index contributed by atoms with van der Waals surface area (Å²) in [4.78, 5) is 11.3.